The molecule has 21 heavy (non-hydrogen) atoms. The molecule has 120 valence electrons. The van der Waals surface area contributed by atoms with E-state index in [1.165, 1.54) is 12.1 Å². The molecular weight excluding hydrogens is 331 g/mol. The highest BCUT2D eigenvalue weighted by molar-refractivity contribution is 7.89. The van der Waals surface area contributed by atoms with E-state index in [9.17, 15) is 21.6 Å². The van der Waals surface area contributed by atoms with Crippen LogP contribution in [0.15, 0.2) is 23.1 Å². The van der Waals surface area contributed by atoms with Crippen LogP contribution in [0.2, 0.25) is 5.02 Å². The molecule has 1 rings (SSSR count). The van der Waals surface area contributed by atoms with Crippen LogP contribution in [0, 0.1) is 6.92 Å². The van der Waals surface area contributed by atoms with Crippen molar-refractivity contribution >= 4 is 21.6 Å². The van der Waals surface area contributed by atoms with Crippen LogP contribution in [0.4, 0.5) is 13.2 Å². The number of benzene rings is 1. The molecule has 0 saturated carbocycles. The van der Waals surface area contributed by atoms with E-state index >= 15 is 0 Å². The topological polar surface area (TPSA) is 55.4 Å². The van der Waals surface area contributed by atoms with Crippen molar-refractivity contribution in [3.05, 3.63) is 28.8 Å². The Labute approximate surface area is 126 Å². The van der Waals surface area contributed by atoms with Crippen molar-refractivity contribution in [3.63, 3.8) is 0 Å². The van der Waals surface area contributed by atoms with Crippen LogP contribution >= 0.6 is 11.6 Å². The Morgan fingerprint density at radius 1 is 1.33 bits per heavy atom. The van der Waals surface area contributed by atoms with Gasteiger partial charge in [0.1, 0.15) is 11.5 Å². The zero-order valence-electron chi connectivity index (χ0n) is 11.2. The molecule has 0 atom stereocenters. The van der Waals surface area contributed by atoms with E-state index in [1.807, 2.05) is 0 Å². The maximum Gasteiger partial charge on any atom is 0.411 e. The quantitative estimate of drug-likeness (QED) is 0.773. The Bertz CT molecular complexity index is 576. The monoisotopic (exact) mass is 345 g/mol. The van der Waals surface area contributed by atoms with Gasteiger partial charge in [-0.3, -0.25) is 0 Å². The number of rotatable bonds is 7. The van der Waals surface area contributed by atoms with Crippen LogP contribution in [0.3, 0.4) is 0 Å². The Morgan fingerprint density at radius 2 is 2.00 bits per heavy atom. The first-order valence-corrected chi connectivity index (χ1v) is 7.88. The molecule has 0 aromatic heterocycles. The van der Waals surface area contributed by atoms with Gasteiger partial charge in [0.2, 0.25) is 10.0 Å². The summed E-state index contributed by atoms with van der Waals surface area (Å²) in [5.41, 5.74) is 0.819. The van der Waals surface area contributed by atoms with Crippen LogP contribution < -0.4 is 4.72 Å². The van der Waals surface area contributed by atoms with Gasteiger partial charge < -0.3 is 4.74 Å². The Morgan fingerprint density at radius 3 is 2.57 bits per heavy atom. The zero-order valence-corrected chi connectivity index (χ0v) is 12.8. The third-order valence-electron chi connectivity index (χ3n) is 2.40. The summed E-state index contributed by atoms with van der Waals surface area (Å²) >= 11 is 5.86. The van der Waals surface area contributed by atoms with Gasteiger partial charge in [-0.2, -0.15) is 13.2 Å². The lowest BCUT2D eigenvalue weighted by molar-refractivity contribution is -0.173. The highest BCUT2D eigenvalue weighted by Gasteiger charge is 2.27. The number of hydrogen-bond acceptors (Lipinski definition) is 3. The first-order valence-electron chi connectivity index (χ1n) is 6.02. The maximum absolute atomic E-state index is 11.9. The summed E-state index contributed by atoms with van der Waals surface area (Å²) in [6, 6.07) is 4.50. The predicted octanol–water partition coefficient (Wildman–Crippen LogP) is 2.90. The summed E-state index contributed by atoms with van der Waals surface area (Å²) in [6.45, 7) is 0.200. The lowest BCUT2D eigenvalue weighted by atomic mass is 10.2. The molecule has 0 heterocycles. The second-order valence-corrected chi connectivity index (χ2v) is 6.50. The van der Waals surface area contributed by atoms with Gasteiger partial charge >= 0.3 is 6.18 Å². The number of ether oxygens (including phenoxy) is 1. The van der Waals surface area contributed by atoms with E-state index in [0.29, 0.717) is 0 Å². The van der Waals surface area contributed by atoms with Gasteiger partial charge in [-0.25, -0.2) is 13.1 Å². The van der Waals surface area contributed by atoms with Crippen LogP contribution in [0.5, 0.6) is 0 Å². The minimum atomic E-state index is -4.38. The number of aryl methyl sites for hydroxylation is 1. The fourth-order valence-electron chi connectivity index (χ4n) is 1.47. The second kappa shape index (κ2) is 7.44. The van der Waals surface area contributed by atoms with Gasteiger partial charge in [0.25, 0.3) is 0 Å². The number of nitrogens with one attached hydrogen (secondary N) is 1. The molecule has 0 aliphatic heterocycles. The standard InChI is InChI=1S/C12H15ClF3NO3S/c1-9-3-4-11(10(13)7-9)21(18,19)17-5-2-6-20-8-12(14,15)16/h3-4,7,17H,2,5-6,8H2,1H3. The largest absolute Gasteiger partial charge is 0.411 e. The highest BCUT2D eigenvalue weighted by atomic mass is 35.5. The molecule has 0 amide bonds. The predicted molar refractivity (Wildman–Crippen MR) is 72.9 cm³/mol. The number of halogens is 4. The Kier molecular flexibility index (Phi) is 6.45. The molecule has 0 unspecified atom stereocenters. The summed E-state index contributed by atoms with van der Waals surface area (Å²) in [4.78, 5) is -0.0639. The molecular formula is C12H15ClF3NO3S. The van der Waals surface area contributed by atoms with Gasteiger partial charge in [0.15, 0.2) is 0 Å². The molecule has 0 radical (unpaired) electrons. The highest BCUT2D eigenvalue weighted by Crippen LogP contribution is 2.22. The average molecular weight is 346 g/mol. The molecule has 0 fully saturated rings. The lowest BCUT2D eigenvalue weighted by Gasteiger charge is -2.10. The van der Waals surface area contributed by atoms with E-state index in [-0.39, 0.29) is 29.5 Å². The molecule has 0 saturated heterocycles. The molecule has 0 spiro atoms. The van der Waals surface area contributed by atoms with Crippen molar-refractivity contribution in [3.8, 4) is 0 Å². The lowest BCUT2D eigenvalue weighted by Crippen LogP contribution is -2.26. The van der Waals surface area contributed by atoms with Crippen LogP contribution in [0.25, 0.3) is 0 Å². The molecule has 9 heteroatoms. The number of hydrogen-bond donors (Lipinski definition) is 1. The molecule has 1 N–H and O–H groups in total. The molecule has 4 nitrogen and oxygen atoms in total. The molecule has 1 aromatic rings. The third-order valence-corrected chi connectivity index (χ3v) is 4.34. The second-order valence-electron chi connectivity index (χ2n) is 4.35. The third kappa shape index (κ3) is 6.64. The van der Waals surface area contributed by atoms with Crippen molar-refractivity contribution in [1.82, 2.24) is 4.72 Å². The molecule has 0 bridgehead atoms. The number of alkyl halides is 3. The van der Waals surface area contributed by atoms with E-state index < -0.39 is 22.8 Å². The fourth-order valence-corrected chi connectivity index (χ4v) is 3.14. The minimum Gasteiger partial charge on any atom is -0.372 e. The van der Waals surface area contributed by atoms with Gasteiger partial charge in [-0.05, 0) is 31.0 Å². The van der Waals surface area contributed by atoms with Crippen molar-refractivity contribution < 1.29 is 26.3 Å². The van der Waals surface area contributed by atoms with Gasteiger partial charge in [0, 0.05) is 13.2 Å². The summed E-state index contributed by atoms with van der Waals surface area (Å²) in [7, 11) is -3.78. The molecule has 1 aromatic carbocycles. The van der Waals surface area contributed by atoms with Gasteiger partial charge in [0.05, 0.1) is 5.02 Å². The van der Waals surface area contributed by atoms with Crippen LogP contribution in [-0.4, -0.2) is 34.4 Å². The van der Waals surface area contributed by atoms with Crippen molar-refractivity contribution in [2.45, 2.75) is 24.4 Å². The van der Waals surface area contributed by atoms with Gasteiger partial charge in [-0.1, -0.05) is 17.7 Å². The maximum atomic E-state index is 11.9. The van der Waals surface area contributed by atoms with Gasteiger partial charge in [-0.15, -0.1) is 0 Å². The summed E-state index contributed by atoms with van der Waals surface area (Å²) in [6.07, 6.45) is -4.26. The van der Waals surface area contributed by atoms with Crippen LogP contribution in [0.1, 0.15) is 12.0 Å². The zero-order chi connectivity index (χ0) is 16.1. The Hall–Kier alpha value is -0.830. The molecule has 0 aliphatic rings. The normalized spacial score (nSPS) is 12.6. The average Bonchev–Trinajstić information content (AvgIpc) is 2.31. The smallest absolute Gasteiger partial charge is 0.372 e. The van der Waals surface area contributed by atoms with Crippen LogP contribution in [-0.2, 0) is 14.8 Å². The summed E-state index contributed by atoms with van der Waals surface area (Å²) in [5, 5.41) is 0.0934. The Balaban J connectivity index is 2.44. The first kappa shape index (κ1) is 18.2. The first-order chi connectivity index (χ1) is 9.62. The molecule has 0 aliphatic carbocycles. The van der Waals surface area contributed by atoms with E-state index in [0.717, 1.165) is 5.56 Å². The SMILES string of the molecule is Cc1ccc(S(=O)(=O)NCCCOCC(F)(F)F)c(Cl)c1. The minimum absolute atomic E-state index is 0.0373. The van der Waals surface area contributed by atoms with E-state index in [2.05, 4.69) is 9.46 Å². The van der Waals surface area contributed by atoms with Crippen molar-refractivity contribution in [2.24, 2.45) is 0 Å². The van der Waals surface area contributed by atoms with E-state index in [4.69, 9.17) is 11.6 Å². The van der Waals surface area contributed by atoms with Crippen molar-refractivity contribution in [2.75, 3.05) is 19.8 Å². The summed E-state index contributed by atoms with van der Waals surface area (Å²) < 4.78 is 65.9. The van der Waals surface area contributed by atoms with Crippen molar-refractivity contribution in [1.29, 1.82) is 0 Å². The fraction of sp³-hybridized carbons (Fsp3) is 0.500. The number of sulfonamides is 1. The van der Waals surface area contributed by atoms with E-state index in [1.54, 1.807) is 13.0 Å². The summed E-state index contributed by atoms with van der Waals surface area (Å²) in [5.74, 6) is 0.